The second-order valence-corrected chi connectivity index (χ2v) is 3.70. The van der Waals surface area contributed by atoms with Gasteiger partial charge in [-0.25, -0.2) is 0 Å². The first-order valence-corrected chi connectivity index (χ1v) is 5.77. The van der Waals surface area contributed by atoms with E-state index >= 15 is 0 Å². The van der Waals surface area contributed by atoms with Crippen LogP contribution in [0.2, 0.25) is 0 Å². The summed E-state index contributed by atoms with van der Waals surface area (Å²) in [6.45, 7) is 3.08. The quantitative estimate of drug-likeness (QED) is 0.785. The Hall–Kier alpha value is -1.76. The molecular formula is C12H15F3N2O2. The zero-order chi connectivity index (χ0) is 14.3. The van der Waals surface area contributed by atoms with Crippen molar-refractivity contribution >= 4 is 11.6 Å². The van der Waals surface area contributed by atoms with Crippen molar-refractivity contribution in [2.75, 3.05) is 18.4 Å². The average Bonchev–Trinajstić information content (AvgIpc) is 2.30. The van der Waals surface area contributed by atoms with Gasteiger partial charge >= 0.3 is 6.36 Å². The van der Waals surface area contributed by atoms with Crippen molar-refractivity contribution in [2.24, 2.45) is 0 Å². The van der Waals surface area contributed by atoms with Crippen LogP contribution in [0.25, 0.3) is 0 Å². The SMILES string of the molecule is CCNCCC(=O)Nc1ccccc1OC(F)(F)F. The summed E-state index contributed by atoms with van der Waals surface area (Å²) in [6.07, 6.45) is -4.61. The number of hydrogen-bond donors (Lipinski definition) is 2. The topological polar surface area (TPSA) is 50.4 Å². The van der Waals surface area contributed by atoms with E-state index in [-0.39, 0.29) is 18.0 Å². The maximum absolute atomic E-state index is 12.2. The molecule has 0 aliphatic heterocycles. The predicted molar refractivity (Wildman–Crippen MR) is 64.9 cm³/mol. The lowest BCUT2D eigenvalue weighted by molar-refractivity contribution is -0.274. The molecule has 0 saturated carbocycles. The highest BCUT2D eigenvalue weighted by Crippen LogP contribution is 2.29. The van der Waals surface area contributed by atoms with Crippen LogP contribution in [0.3, 0.4) is 0 Å². The van der Waals surface area contributed by atoms with Crippen LogP contribution in [0, 0.1) is 0 Å². The monoisotopic (exact) mass is 276 g/mol. The third-order valence-corrected chi connectivity index (χ3v) is 2.17. The van der Waals surface area contributed by atoms with Gasteiger partial charge in [0.2, 0.25) is 5.91 Å². The summed E-state index contributed by atoms with van der Waals surface area (Å²) in [5.41, 5.74) is 0.00123. The van der Waals surface area contributed by atoms with Gasteiger partial charge in [-0.3, -0.25) is 4.79 Å². The number of carbonyl (C=O) groups excluding carboxylic acids is 1. The van der Waals surface area contributed by atoms with E-state index in [1.807, 2.05) is 6.92 Å². The number of anilines is 1. The number of para-hydroxylation sites is 2. The van der Waals surface area contributed by atoms with Gasteiger partial charge in [-0.05, 0) is 18.7 Å². The van der Waals surface area contributed by atoms with Crippen molar-refractivity contribution in [1.82, 2.24) is 5.32 Å². The first-order chi connectivity index (χ1) is 8.92. The number of ether oxygens (including phenoxy) is 1. The van der Waals surface area contributed by atoms with Crippen molar-refractivity contribution in [1.29, 1.82) is 0 Å². The summed E-state index contributed by atoms with van der Waals surface area (Å²) in [5, 5.41) is 5.33. The van der Waals surface area contributed by atoms with Gasteiger partial charge < -0.3 is 15.4 Å². The Morgan fingerprint density at radius 1 is 1.32 bits per heavy atom. The Bertz CT molecular complexity index is 422. The minimum atomic E-state index is -4.79. The minimum Gasteiger partial charge on any atom is -0.404 e. The molecule has 1 rings (SSSR count). The first-order valence-electron chi connectivity index (χ1n) is 5.77. The average molecular weight is 276 g/mol. The fourth-order valence-corrected chi connectivity index (χ4v) is 1.37. The lowest BCUT2D eigenvalue weighted by atomic mass is 10.2. The minimum absolute atomic E-state index is 0.00123. The van der Waals surface area contributed by atoms with Gasteiger partial charge in [-0.1, -0.05) is 19.1 Å². The fraction of sp³-hybridized carbons (Fsp3) is 0.417. The number of amides is 1. The van der Waals surface area contributed by atoms with Crippen molar-refractivity contribution < 1.29 is 22.7 Å². The molecule has 1 aromatic rings. The Morgan fingerprint density at radius 2 is 2.00 bits per heavy atom. The summed E-state index contributed by atoms with van der Waals surface area (Å²) >= 11 is 0. The van der Waals surface area contributed by atoms with E-state index in [1.165, 1.54) is 18.2 Å². The van der Waals surface area contributed by atoms with Crippen LogP contribution >= 0.6 is 0 Å². The molecule has 0 saturated heterocycles. The number of nitrogens with one attached hydrogen (secondary N) is 2. The maximum atomic E-state index is 12.2. The number of halogens is 3. The smallest absolute Gasteiger partial charge is 0.404 e. The number of benzene rings is 1. The van der Waals surface area contributed by atoms with E-state index in [0.717, 1.165) is 12.6 Å². The Balaban J connectivity index is 2.64. The lowest BCUT2D eigenvalue weighted by Gasteiger charge is -2.13. The summed E-state index contributed by atoms with van der Waals surface area (Å²) in [7, 11) is 0. The third kappa shape index (κ3) is 6.10. The molecule has 0 radical (unpaired) electrons. The second kappa shape index (κ2) is 6.98. The van der Waals surface area contributed by atoms with E-state index in [0.29, 0.717) is 6.54 Å². The largest absolute Gasteiger partial charge is 0.573 e. The fourth-order valence-electron chi connectivity index (χ4n) is 1.37. The summed E-state index contributed by atoms with van der Waals surface area (Å²) < 4.78 is 40.3. The molecule has 19 heavy (non-hydrogen) atoms. The maximum Gasteiger partial charge on any atom is 0.573 e. The lowest BCUT2D eigenvalue weighted by Crippen LogP contribution is -2.22. The Labute approximate surface area is 108 Å². The second-order valence-electron chi connectivity index (χ2n) is 3.70. The molecule has 4 nitrogen and oxygen atoms in total. The molecule has 0 atom stereocenters. The van der Waals surface area contributed by atoms with Gasteiger partial charge in [-0.2, -0.15) is 0 Å². The van der Waals surface area contributed by atoms with Crippen LogP contribution in [-0.4, -0.2) is 25.4 Å². The van der Waals surface area contributed by atoms with Gasteiger partial charge in [-0.15, -0.1) is 13.2 Å². The van der Waals surface area contributed by atoms with Crippen molar-refractivity contribution in [3.8, 4) is 5.75 Å². The van der Waals surface area contributed by atoms with E-state index in [9.17, 15) is 18.0 Å². The highest BCUT2D eigenvalue weighted by molar-refractivity contribution is 5.92. The highest BCUT2D eigenvalue weighted by Gasteiger charge is 2.32. The molecule has 0 aromatic heterocycles. The Kier molecular flexibility index (Phi) is 5.62. The molecule has 0 heterocycles. The molecular weight excluding hydrogens is 261 g/mol. The summed E-state index contributed by atoms with van der Waals surface area (Å²) in [4.78, 5) is 11.5. The molecule has 0 aliphatic rings. The number of alkyl halides is 3. The van der Waals surface area contributed by atoms with Gasteiger partial charge in [0, 0.05) is 13.0 Å². The van der Waals surface area contributed by atoms with Crippen molar-refractivity contribution in [2.45, 2.75) is 19.7 Å². The molecule has 1 amide bonds. The number of hydrogen-bond acceptors (Lipinski definition) is 3. The number of rotatable bonds is 6. The normalized spacial score (nSPS) is 11.2. The highest BCUT2D eigenvalue weighted by atomic mass is 19.4. The van der Waals surface area contributed by atoms with E-state index in [2.05, 4.69) is 15.4 Å². The predicted octanol–water partition coefficient (Wildman–Crippen LogP) is 2.52. The molecule has 1 aromatic carbocycles. The van der Waals surface area contributed by atoms with Crippen LogP contribution < -0.4 is 15.4 Å². The zero-order valence-electron chi connectivity index (χ0n) is 10.4. The molecule has 0 aliphatic carbocycles. The molecule has 0 spiro atoms. The van der Waals surface area contributed by atoms with E-state index < -0.39 is 12.1 Å². The summed E-state index contributed by atoms with van der Waals surface area (Å²) in [6, 6.07) is 5.41. The molecule has 0 unspecified atom stereocenters. The van der Waals surface area contributed by atoms with Crippen LogP contribution in [0.1, 0.15) is 13.3 Å². The molecule has 0 fully saturated rings. The molecule has 0 bridgehead atoms. The van der Waals surface area contributed by atoms with Gasteiger partial charge in [0.25, 0.3) is 0 Å². The number of carbonyl (C=O) groups is 1. The summed E-state index contributed by atoms with van der Waals surface area (Å²) in [5.74, 6) is -0.800. The van der Waals surface area contributed by atoms with Crippen LogP contribution in [-0.2, 0) is 4.79 Å². The van der Waals surface area contributed by atoms with Crippen LogP contribution in [0.15, 0.2) is 24.3 Å². The molecule has 7 heteroatoms. The van der Waals surface area contributed by atoms with E-state index in [1.54, 1.807) is 0 Å². The molecule has 2 N–H and O–H groups in total. The van der Waals surface area contributed by atoms with E-state index in [4.69, 9.17) is 0 Å². The Morgan fingerprint density at radius 3 is 2.63 bits per heavy atom. The zero-order valence-corrected chi connectivity index (χ0v) is 10.4. The van der Waals surface area contributed by atoms with Crippen molar-refractivity contribution in [3.63, 3.8) is 0 Å². The first kappa shape index (κ1) is 15.3. The van der Waals surface area contributed by atoms with Crippen LogP contribution in [0.4, 0.5) is 18.9 Å². The van der Waals surface area contributed by atoms with Crippen molar-refractivity contribution in [3.05, 3.63) is 24.3 Å². The van der Waals surface area contributed by atoms with Crippen LogP contribution in [0.5, 0.6) is 5.75 Å². The van der Waals surface area contributed by atoms with Gasteiger partial charge in [0.05, 0.1) is 5.69 Å². The van der Waals surface area contributed by atoms with Gasteiger partial charge in [0.15, 0.2) is 5.75 Å². The van der Waals surface area contributed by atoms with Gasteiger partial charge in [0.1, 0.15) is 0 Å². The standard InChI is InChI=1S/C12H15F3N2O2/c1-2-16-8-7-11(18)17-9-5-3-4-6-10(9)19-12(13,14)15/h3-6,16H,2,7-8H2,1H3,(H,17,18). The molecule has 106 valence electrons. The third-order valence-electron chi connectivity index (χ3n) is 2.17.